The van der Waals surface area contributed by atoms with E-state index in [1.165, 1.54) is 33.1 Å². The smallest absolute Gasteiger partial charge is 0.140 e. The molecule has 0 saturated carbocycles. The Labute approximate surface area is 146 Å². The highest BCUT2D eigenvalue weighted by atomic mass is 16.8. The summed E-state index contributed by atoms with van der Waals surface area (Å²) in [6.45, 7) is 2.81. The minimum atomic E-state index is -0.679. The molecule has 0 aliphatic carbocycles. The van der Waals surface area contributed by atoms with Gasteiger partial charge in [-0.05, 0) is 55.7 Å². The summed E-state index contributed by atoms with van der Waals surface area (Å²) in [5.74, 6) is -0.441. The number of carbonyl (C=O) groups excluding carboxylic acids is 2. The molecule has 0 unspecified atom stereocenters. The second kappa shape index (κ2) is 7.92. The van der Waals surface area contributed by atoms with Crippen LogP contribution in [0.2, 0.25) is 0 Å². The lowest BCUT2D eigenvalue weighted by molar-refractivity contribution is -0.130. The van der Waals surface area contributed by atoms with E-state index < -0.39 is 5.92 Å². The number of rotatable bonds is 7. The molecule has 0 aliphatic rings. The van der Waals surface area contributed by atoms with Gasteiger partial charge in [-0.1, -0.05) is 18.2 Å². The standard InChI is InChI=1S/C19H20NO5/c1-12(21)17(13(2)22)9-14-7-8-19(25-3)18(10-14)15-5-4-6-16(11-15)20(23)24/h4-8,10-11,17,23H,9H2,1-3H3/q-1. The Balaban J connectivity index is 2.45. The average molecular weight is 342 g/mol. The Morgan fingerprint density at radius 3 is 2.40 bits per heavy atom. The number of hydrogen-bond acceptors (Lipinski definition) is 6. The lowest BCUT2D eigenvalue weighted by Crippen LogP contribution is -2.21. The van der Waals surface area contributed by atoms with Crippen molar-refractivity contribution in [3.8, 4) is 16.9 Å². The lowest BCUT2D eigenvalue weighted by atomic mass is 9.91. The van der Waals surface area contributed by atoms with Crippen molar-refractivity contribution in [2.24, 2.45) is 5.92 Å². The summed E-state index contributed by atoms with van der Waals surface area (Å²) in [6.07, 6.45) is 0.301. The zero-order chi connectivity index (χ0) is 18.6. The fraction of sp³-hybridized carbons (Fsp3) is 0.263. The number of ether oxygens (including phenoxy) is 1. The summed E-state index contributed by atoms with van der Waals surface area (Å²) in [5, 5.41) is 20.0. The van der Waals surface area contributed by atoms with Gasteiger partial charge >= 0.3 is 0 Å². The Bertz CT molecular complexity index is 771. The summed E-state index contributed by atoms with van der Waals surface area (Å²) < 4.78 is 5.37. The quantitative estimate of drug-likeness (QED) is 0.613. The molecule has 6 heteroatoms. The van der Waals surface area contributed by atoms with E-state index in [-0.39, 0.29) is 22.5 Å². The molecule has 0 heterocycles. The molecule has 25 heavy (non-hydrogen) atoms. The molecular weight excluding hydrogens is 322 g/mol. The molecule has 0 saturated heterocycles. The largest absolute Gasteiger partial charge is 0.733 e. The summed E-state index contributed by atoms with van der Waals surface area (Å²) >= 11 is 0. The molecule has 0 aromatic heterocycles. The monoisotopic (exact) mass is 342 g/mol. The van der Waals surface area contributed by atoms with Gasteiger partial charge in [-0.15, -0.1) is 0 Å². The third kappa shape index (κ3) is 4.43. The van der Waals surface area contributed by atoms with E-state index in [4.69, 9.17) is 9.94 Å². The van der Waals surface area contributed by atoms with Crippen LogP contribution >= 0.6 is 0 Å². The van der Waals surface area contributed by atoms with Gasteiger partial charge in [-0.25, -0.2) is 0 Å². The maximum Gasteiger partial charge on any atom is 0.140 e. The van der Waals surface area contributed by atoms with Crippen LogP contribution in [0.3, 0.4) is 0 Å². The van der Waals surface area contributed by atoms with E-state index in [1.54, 1.807) is 24.3 Å². The molecule has 6 nitrogen and oxygen atoms in total. The van der Waals surface area contributed by atoms with Gasteiger partial charge in [0.2, 0.25) is 0 Å². The van der Waals surface area contributed by atoms with Crippen LogP contribution in [0.15, 0.2) is 42.5 Å². The summed E-state index contributed by atoms with van der Waals surface area (Å²) in [7, 11) is 1.53. The molecule has 2 rings (SSSR count). The van der Waals surface area contributed by atoms with E-state index in [0.717, 1.165) is 5.56 Å². The van der Waals surface area contributed by atoms with E-state index in [1.807, 2.05) is 6.07 Å². The van der Waals surface area contributed by atoms with Gasteiger partial charge in [0.1, 0.15) is 17.3 Å². The highest BCUT2D eigenvalue weighted by Gasteiger charge is 2.20. The Morgan fingerprint density at radius 2 is 1.84 bits per heavy atom. The molecule has 1 N–H and O–H groups in total. The van der Waals surface area contributed by atoms with Crippen molar-refractivity contribution >= 4 is 17.3 Å². The van der Waals surface area contributed by atoms with Crippen molar-refractivity contribution in [3.05, 3.63) is 53.2 Å². The van der Waals surface area contributed by atoms with E-state index in [0.29, 0.717) is 23.3 Å². The second-order valence-corrected chi connectivity index (χ2v) is 5.84. The minimum absolute atomic E-state index is 0.0929. The Morgan fingerprint density at radius 1 is 1.16 bits per heavy atom. The van der Waals surface area contributed by atoms with E-state index in [9.17, 15) is 14.8 Å². The molecule has 2 aromatic rings. The summed E-state index contributed by atoms with van der Waals surface area (Å²) in [5.41, 5.74) is 2.28. The third-order valence-corrected chi connectivity index (χ3v) is 4.06. The zero-order valence-corrected chi connectivity index (χ0v) is 14.4. The van der Waals surface area contributed by atoms with Gasteiger partial charge in [-0.2, -0.15) is 0 Å². The predicted molar refractivity (Wildman–Crippen MR) is 94.6 cm³/mol. The predicted octanol–water partition coefficient (Wildman–Crippen LogP) is 3.39. The van der Waals surface area contributed by atoms with Gasteiger partial charge in [0, 0.05) is 5.56 Å². The molecular formula is C19H20NO5-. The van der Waals surface area contributed by atoms with Gasteiger partial charge < -0.3 is 15.2 Å². The van der Waals surface area contributed by atoms with Crippen LogP contribution in [0.5, 0.6) is 5.75 Å². The van der Waals surface area contributed by atoms with Crippen molar-refractivity contribution in [1.29, 1.82) is 0 Å². The number of carbonyl (C=O) groups is 2. The van der Waals surface area contributed by atoms with Crippen LogP contribution in [0.1, 0.15) is 19.4 Å². The first-order chi connectivity index (χ1) is 11.8. The van der Waals surface area contributed by atoms with Crippen LogP contribution in [0, 0.1) is 11.1 Å². The van der Waals surface area contributed by atoms with Crippen molar-refractivity contribution in [1.82, 2.24) is 0 Å². The fourth-order valence-corrected chi connectivity index (χ4v) is 2.71. The zero-order valence-electron chi connectivity index (χ0n) is 14.4. The first-order valence-corrected chi connectivity index (χ1v) is 7.78. The summed E-state index contributed by atoms with van der Waals surface area (Å²) in [6, 6.07) is 11.8. The fourth-order valence-electron chi connectivity index (χ4n) is 2.71. The molecule has 0 aliphatic heterocycles. The van der Waals surface area contributed by atoms with Crippen LogP contribution in [-0.2, 0) is 16.0 Å². The third-order valence-electron chi connectivity index (χ3n) is 4.06. The van der Waals surface area contributed by atoms with E-state index >= 15 is 0 Å². The number of Topliss-reactive ketones (excluding diaryl/α,β-unsaturated/α-hetero) is 2. The minimum Gasteiger partial charge on any atom is -0.733 e. The number of anilines is 1. The average Bonchev–Trinajstić information content (AvgIpc) is 2.59. The molecule has 2 aromatic carbocycles. The maximum absolute atomic E-state index is 11.7. The van der Waals surface area contributed by atoms with Crippen molar-refractivity contribution in [2.75, 3.05) is 12.3 Å². The Hall–Kier alpha value is -2.70. The molecule has 0 atom stereocenters. The van der Waals surface area contributed by atoms with Gasteiger partial charge in [0.05, 0.1) is 18.7 Å². The Kier molecular flexibility index (Phi) is 5.90. The lowest BCUT2D eigenvalue weighted by Gasteiger charge is -2.22. The second-order valence-electron chi connectivity index (χ2n) is 5.84. The van der Waals surface area contributed by atoms with Crippen LogP contribution in [-0.4, -0.2) is 23.9 Å². The molecule has 0 fully saturated rings. The van der Waals surface area contributed by atoms with Crippen molar-refractivity contribution in [3.63, 3.8) is 0 Å². The molecule has 0 amide bonds. The molecule has 0 bridgehead atoms. The van der Waals surface area contributed by atoms with Gasteiger partial charge in [0.15, 0.2) is 0 Å². The maximum atomic E-state index is 11.7. The van der Waals surface area contributed by atoms with Crippen LogP contribution in [0.4, 0.5) is 5.69 Å². The highest BCUT2D eigenvalue weighted by molar-refractivity contribution is 6.00. The first kappa shape index (κ1) is 18.6. The van der Waals surface area contributed by atoms with Crippen molar-refractivity contribution < 1.29 is 19.5 Å². The number of benzene rings is 2. The van der Waals surface area contributed by atoms with Gasteiger partial charge in [-0.3, -0.25) is 14.8 Å². The normalized spacial score (nSPS) is 10.6. The number of hydrogen-bond donors (Lipinski definition) is 1. The summed E-state index contributed by atoms with van der Waals surface area (Å²) in [4.78, 5) is 23.3. The SMILES string of the molecule is COc1ccc(CC(C(C)=O)C(C)=O)cc1-c1cccc(N([O-])O)c1. The molecule has 0 radical (unpaired) electrons. The first-order valence-electron chi connectivity index (χ1n) is 7.78. The highest BCUT2D eigenvalue weighted by Crippen LogP contribution is 2.33. The number of ketones is 2. The van der Waals surface area contributed by atoms with Crippen molar-refractivity contribution in [2.45, 2.75) is 20.3 Å². The van der Waals surface area contributed by atoms with Gasteiger partial charge in [0.25, 0.3) is 0 Å². The van der Waals surface area contributed by atoms with Crippen LogP contribution < -0.4 is 9.96 Å². The van der Waals surface area contributed by atoms with Crippen LogP contribution in [0.25, 0.3) is 11.1 Å². The number of nitrogens with zero attached hydrogens (tertiary/aromatic N) is 1. The van der Waals surface area contributed by atoms with E-state index in [2.05, 4.69) is 0 Å². The molecule has 0 spiro atoms. The number of methoxy groups -OCH3 is 1. The topological polar surface area (TPSA) is 89.9 Å². The molecule has 132 valence electrons.